The minimum atomic E-state index is -0.456. The summed E-state index contributed by atoms with van der Waals surface area (Å²) in [6, 6.07) is 25.6. The molecule has 194 valence electrons. The molecule has 0 bridgehead atoms. The summed E-state index contributed by atoms with van der Waals surface area (Å²) >= 11 is 0. The number of aromatic nitrogens is 4. The van der Waals surface area contributed by atoms with Crippen molar-refractivity contribution in [2.75, 3.05) is 17.7 Å². The first-order chi connectivity index (χ1) is 19.0. The number of carbonyl (C=O) groups is 1. The second kappa shape index (κ2) is 9.60. The van der Waals surface area contributed by atoms with Gasteiger partial charge in [0.05, 0.1) is 29.5 Å². The Balaban J connectivity index is 1.79. The third-order valence-corrected chi connectivity index (χ3v) is 6.78. The number of para-hydroxylation sites is 1. The van der Waals surface area contributed by atoms with Crippen LogP contribution < -0.4 is 16.7 Å². The zero-order chi connectivity index (χ0) is 27.1. The van der Waals surface area contributed by atoms with Crippen LogP contribution in [0.2, 0.25) is 0 Å². The summed E-state index contributed by atoms with van der Waals surface area (Å²) in [4.78, 5) is 27.6. The smallest absolute Gasteiger partial charge is 0.341 e. The number of anilines is 2. The molecule has 1 aliphatic heterocycles. The lowest BCUT2D eigenvalue weighted by Gasteiger charge is -2.31. The van der Waals surface area contributed by atoms with E-state index in [0.717, 1.165) is 5.56 Å². The largest absolute Gasteiger partial charge is 0.463 e. The summed E-state index contributed by atoms with van der Waals surface area (Å²) in [6.45, 7) is 3.89. The number of nitrogens with two attached hydrogens (primary N) is 1. The van der Waals surface area contributed by atoms with Gasteiger partial charge in [-0.2, -0.15) is 0 Å². The van der Waals surface area contributed by atoms with E-state index >= 15 is 0 Å². The van der Waals surface area contributed by atoms with E-state index in [4.69, 9.17) is 10.5 Å². The Morgan fingerprint density at radius 2 is 1.62 bits per heavy atom. The summed E-state index contributed by atoms with van der Waals surface area (Å²) in [7, 11) is 0. The topological polar surface area (TPSA) is 117 Å². The van der Waals surface area contributed by atoms with Crippen LogP contribution in [-0.2, 0) is 9.53 Å². The number of rotatable bonds is 5. The van der Waals surface area contributed by atoms with Crippen LogP contribution in [0, 0.1) is 0 Å². The number of nitrogens with one attached hydrogen (secondary N) is 1. The number of fused-ring (bicyclic) bond motifs is 3. The lowest BCUT2D eigenvalue weighted by molar-refractivity contribution is -0.138. The molecule has 2 aromatic heterocycles. The molecule has 9 heteroatoms. The van der Waals surface area contributed by atoms with Gasteiger partial charge in [-0.15, -0.1) is 10.2 Å². The van der Waals surface area contributed by atoms with E-state index in [9.17, 15) is 9.59 Å². The van der Waals surface area contributed by atoms with Crippen LogP contribution in [0.5, 0.6) is 0 Å². The Labute approximate surface area is 224 Å². The summed E-state index contributed by atoms with van der Waals surface area (Å²) in [5.41, 5.74) is 10.3. The van der Waals surface area contributed by atoms with Crippen molar-refractivity contribution in [3.63, 3.8) is 0 Å². The lowest BCUT2D eigenvalue weighted by atomic mass is 9.87. The molecule has 0 fully saturated rings. The maximum Gasteiger partial charge on any atom is 0.341 e. The molecule has 0 spiro atoms. The van der Waals surface area contributed by atoms with Crippen molar-refractivity contribution in [2.24, 2.45) is 0 Å². The van der Waals surface area contributed by atoms with E-state index in [1.807, 2.05) is 67.6 Å². The summed E-state index contributed by atoms with van der Waals surface area (Å²) in [5.74, 6) is 0.455. The summed E-state index contributed by atoms with van der Waals surface area (Å²) < 4.78 is 8.59. The van der Waals surface area contributed by atoms with Crippen molar-refractivity contribution < 1.29 is 9.53 Å². The van der Waals surface area contributed by atoms with Gasteiger partial charge in [-0.1, -0.05) is 48.5 Å². The van der Waals surface area contributed by atoms with Gasteiger partial charge < -0.3 is 15.8 Å². The molecule has 1 unspecified atom stereocenters. The van der Waals surface area contributed by atoms with E-state index < -0.39 is 12.0 Å². The molecule has 6 rings (SSSR count). The number of hydrogen-bond donors (Lipinski definition) is 2. The lowest BCUT2D eigenvalue weighted by Crippen LogP contribution is -2.37. The molecule has 3 aromatic carbocycles. The highest BCUT2D eigenvalue weighted by Crippen LogP contribution is 2.41. The molecule has 3 N–H and O–H groups in total. The highest BCUT2D eigenvalue weighted by atomic mass is 16.5. The predicted molar refractivity (Wildman–Crippen MR) is 151 cm³/mol. The quantitative estimate of drug-likeness (QED) is 0.263. The highest BCUT2D eigenvalue weighted by molar-refractivity contribution is 6.08. The van der Waals surface area contributed by atoms with Gasteiger partial charge in [0.15, 0.2) is 11.5 Å². The number of esters is 1. The minimum Gasteiger partial charge on any atom is -0.463 e. The Hall–Kier alpha value is -5.18. The van der Waals surface area contributed by atoms with Crippen LogP contribution in [0.25, 0.3) is 28.3 Å². The predicted octanol–water partition coefficient (Wildman–Crippen LogP) is 4.31. The Kier molecular flexibility index (Phi) is 5.95. The zero-order valence-electron chi connectivity index (χ0n) is 21.5. The van der Waals surface area contributed by atoms with Gasteiger partial charge in [-0.3, -0.25) is 0 Å². The fourth-order valence-corrected chi connectivity index (χ4v) is 5.06. The first-order valence-corrected chi connectivity index (χ1v) is 12.7. The van der Waals surface area contributed by atoms with Gasteiger partial charge in [-0.05, 0) is 55.8 Å². The second-order valence-corrected chi connectivity index (χ2v) is 9.22. The maximum absolute atomic E-state index is 14.3. The van der Waals surface area contributed by atoms with Crippen LogP contribution in [0.3, 0.4) is 0 Å². The standard InChI is InChI=1S/C30H26N6O3/c1-3-39-29(37)23-18(2)32-27-25(24(23)19-10-6-4-7-11-19)28-34-33-26(20-14-16-21(31)17-15-20)36(28)30(38)35(27)22-12-8-5-9-13-22/h4-18,32H,3,31H2,1-2H3. The average molecular weight is 519 g/mol. The Morgan fingerprint density at radius 3 is 2.28 bits per heavy atom. The highest BCUT2D eigenvalue weighted by Gasteiger charge is 2.36. The van der Waals surface area contributed by atoms with Crippen molar-refractivity contribution in [1.29, 1.82) is 0 Å². The Morgan fingerprint density at radius 1 is 0.949 bits per heavy atom. The van der Waals surface area contributed by atoms with E-state index in [-0.39, 0.29) is 12.3 Å². The van der Waals surface area contributed by atoms with Gasteiger partial charge >= 0.3 is 11.7 Å². The molecule has 0 radical (unpaired) electrons. The number of carbonyl (C=O) groups excluding carboxylic acids is 1. The van der Waals surface area contributed by atoms with Crippen molar-refractivity contribution in [2.45, 2.75) is 19.9 Å². The van der Waals surface area contributed by atoms with Gasteiger partial charge in [0.1, 0.15) is 5.82 Å². The maximum atomic E-state index is 14.3. The molecule has 3 heterocycles. The van der Waals surface area contributed by atoms with Crippen molar-refractivity contribution in [3.8, 4) is 17.1 Å². The number of nitrogen functional groups attached to an aromatic ring is 1. The van der Waals surface area contributed by atoms with Crippen molar-refractivity contribution in [1.82, 2.24) is 19.2 Å². The molecular formula is C30H26N6O3. The fraction of sp³-hybridized carbons (Fsp3) is 0.133. The third kappa shape index (κ3) is 3.95. The van der Waals surface area contributed by atoms with E-state index in [1.54, 1.807) is 35.8 Å². The SMILES string of the molecule is CCOC(=O)C1=C(c2ccccc2)c2c(n(-c3ccccc3)c(=O)n3c(-c4ccc(N)cc4)nnc23)NC1C. The number of benzene rings is 3. The van der Waals surface area contributed by atoms with Gasteiger partial charge in [-0.25, -0.2) is 18.6 Å². The molecular weight excluding hydrogens is 492 g/mol. The van der Waals surface area contributed by atoms with Crippen molar-refractivity contribution >= 4 is 28.7 Å². The molecule has 0 saturated carbocycles. The molecule has 39 heavy (non-hydrogen) atoms. The molecule has 0 saturated heterocycles. The molecule has 9 nitrogen and oxygen atoms in total. The van der Waals surface area contributed by atoms with E-state index in [1.165, 1.54) is 4.40 Å². The third-order valence-electron chi connectivity index (χ3n) is 6.78. The first kappa shape index (κ1) is 24.2. The minimum absolute atomic E-state index is 0.231. The summed E-state index contributed by atoms with van der Waals surface area (Å²) in [5, 5.41) is 12.4. The van der Waals surface area contributed by atoms with Crippen LogP contribution in [0.1, 0.15) is 25.0 Å². The van der Waals surface area contributed by atoms with Gasteiger partial charge in [0.25, 0.3) is 0 Å². The number of ether oxygens (including phenoxy) is 1. The first-order valence-electron chi connectivity index (χ1n) is 12.7. The molecule has 1 aliphatic rings. The van der Waals surface area contributed by atoms with Gasteiger partial charge in [0, 0.05) is 16.8 Å². The molecule has 1 atom stereocenters. The van der Waals surface area contributed by atoms with E-state index in [0.29, 0.717) is 50.9 Å². The summed E-state index contributed by atoms with van der Waals surface area (Å²) in [6.07, 6.45) is 0. The van der Waals surface area contributed by atoms with Crippen LogP contribution in [-0.4, -0.2) is 37.8 Å². The molecule has 0 aliphatic carbocycles. The normalized spacial score (nSPS) is 14.7. The molecule has 5 aromatic rings. The average Bonchev–Trinajstić information content (AvgIpc) is 3.39. The van der Waals surface area contributed by atoms with E-state index in [2.05, 4.69) is 15.5 Å². The van der Waals surface area contributed by atoms with Crippen LogP contribution in [0.4, 0.5) is 11.5 Å². The number of hydrogen-bond acceptors (Lipinski definition) is 7. The van der Waals surface area contributed by atoms with Crippen LogP contribution >= 0.6 is 0 Å². The monoisotopic (exact) mass is 518 g/mol. The van der Waals surface area contributed by atoms with Gasteiger partial charge in [0.2, 0.25) is 0 Å². The Bertz CT molecular complexity index is 1790. The number of nitrogens with zero attached hydrogens (tertiary/aromatic N) is 4. The zero-order valence-corrected chi connectivity index (χ0v) is 21.5. The fourth-order valence-electron chi connectivity index (χ4n) is 5.06. The van der Waals surface area contributed by atoms with Crippen molar-refractivity contribution in [3.05, 3.63) is 112 Å². The second-order valence-electron chi connectivity index (χ2n) is 9.22. The molecule has 0 amide bonds. The van der Waals surface area contributed by atoms with Crippen LogP contribution in [0.15, 0.2) is 95.3 Å².